The summed E-state index contributed by atoms with van der Waals surface area (Å²) in [5, 5.41) is 10.6. The van der Waals surface area contributed by atoms with E-state index in [0.29, 0.717) is 26.1 Å². The van der Waals surface area contributed by atoms with Crippen LogP contribution < -0.4 is 0 Å². The van der Waals surface area contributed by atoms with Crippen molar-refractivity contribution in [1.29, 1.82) is 0 Å². The summed E-state index contributed by atoms with van der Waals surface area (Å²) in [5.41, 5.74) is -0.888. The number of aliphatic hydroxyl groups is 1. The van der Waals surface area contributed by atoms with Crippen LogP contribution >= 0.6 is 0 Å². The van der Waals surface area contributed by atoms with E-state index in [1.54, 1.807) is 0 Å². The predicted molar refractivity (Wildman–Crippen MR) is 93.4 cm³/mol. The van der Waals surface area contributed by atoms with Crippen LogP contribution in [0.5, 0.6) is 0 Å². The number of unbranched alkanes of at least 4 members (excludes halogenated alkanes) is 1. The second-order valence-electron chi connectivity index (χ2n) is 8.24. The molecule has 132 valence electrons. The largest absolute Gasteiger partial charge is 0.432 e. The van der Waals surface area contributed by atoms with Crippen LogP contribution in [0.4, 0.5) is 0 Å². The van der Waals surface area contributed by atoms with Crippen LogP contribution in [0.15, 0.2) is 0 Å². The van der Waals surface area contributed by atoms with Crippen LogP contribution in [0.1, 0.15) is 58.8 Å². The minimum atomic E-state index is -2.14. The summed E-state index contributed by atoms with van der Waals surface area (Å²) < 4.78 is 11.4. The number of ether oxygens (including phenoxy) is 2. The fraction of sp³-hybridized carbons (Fsp3) is 0.889. The van der Waals surface area contributed by atoms with Crippen molar-refractivity contribution in [2.75, 3.05) is 13.2 Å². The summed E-state index contributed by atoms with van der Waals surface area (Å²) in [5.74, 6) is 5.77. The fourth-order valence-electron chi connectivity index (χ4n) is 3.11. The molecule has 23 heavy (non-hydrogen) atoms. The van der Waals surface area contributed by atoms with Crippen LogP contribution in [-0.2, 0) is 9.47 Å². The Hall–Kier alpha value is -0.383. The van der Waals surface area contributed by atoms with Crippen molar-refractivity contribution in [1.82, 2.24) is 0 Å². The Balaban J connectivity index is 1.77. The highest BCUT2D eigenvalue weighted by atomic mass is 28.4. The van der Waals surface area contributed by atoms with E-state index in [9.17, 15) is 9.90 Å². The van der Waals surface area contributed by atoms with Crippen LogP contribution in [0, 0.1) is 11.8 Å². The van der Waals surface area contributed by atoms with E-state index in [1.165, 1.54) is 0 Å². The van der Waals surface area contributed by atoms with Crippen LogP contribution in [0.3, 0.4) is 0 Å². The zero-order valence-electron chi connectivity index (χ0n) is 15.1. The third-order valence-electron chi connectivity index (χ3n) is 5.73. The van der Waals surface area contributed by atoms with E-state index in [2.05, 4.69) is 25.7 Å². The van der Waals surface area contributed by atoms with Gasteiger partial charge in [0.1, 0.15) is 5.60 Å². The van der Waals surface area contributed by atoms with Gasteiger partial charge < -0.3 is 19.4 Å². The molecule has 1 heterocycles. The first-order valence-corrected chi connectivity index (χ1v) is 11.8. The van der Waals surface area contributed by atoms with Crippen LogP contribution in [0.2, 0.25) is 18.1 Å². The van der Waals surface area contributed by atoms with E-state index in [0.717, 1.165) is 32.1 Å². The molecular weight excluding hydrogens is 308 g/mol. The molecule has 2 aliphatic rings. The molecule has 0 aromatic rings. The van der Waals surface area contributed by atoms with E-state index in [-0.39, 0.29) is 5.04 Å². The molecule has 1 aliphatic carbocycles. The van der Waals surface area contributed by atoms with Crippen LogP contribution in [-0.4, -0.2) is 42.8 Å². The average molecular weight is 341 g/mol. The summed E-state index contributed by atoms with van der Waals surface area (Å²) in [6.45, 7) is 9.58. The van der Waals surface area contributed by atoms with Crippen molar-refractivity contribution in [3.05, 3.63) is 0 Å². The van der Waals surface area contributed by atoms with Gasteiger partial charge in [-0.2, -0.15) is 0 Å². The lowest BCUT2D eigenvalue weighted by molar-refractivity contribution is -0.195. The molecule has 2 N–H and O–H groups in total. The highest BCUT2D eigenvalue weighted by Crippen LogP contribution is 2.41. The quantitative estimate of drug-likeness (QED) is 0.469. The number of hydrogen-bond acceptors (Lipinski definition) is 4. The van der Waals surface area contributed by atoms with Crippen molar-refractivity contribution in [2.45, 2.75) is 88.3 Å². The van der Waals surface area contributed by atoms with Gasteiger partial charge in [0, 0.05) is 19.3 Å². The minimum absolute atomic E-state index is 0.0000469. The lowest BCUT2D eigenvalue weighted by Crippen LogP contribution is -2.42. The van der Waals surface area contributed by atoms with Crippen molar-refractivity contribution >= 4 is 8.32 Å². The van der Waals surface area contributed by atoms with Gasteiger partial charge in [-0.05, 0) is 43.8 Å². The Morgan fingerprint density at radius 1 is 1.09 bits per heavy atom. The summed E-state index contributed by atoms with van der Waals surface area (Å²) in [6, 6.07) is 0. The van der Waals surface area contributed by atoms with E-state index < -0.39 is 19.7 Å². The number of hydrogen-bond donors (Lipinski definition) is 2. The second-order valence-corrected chi connectivity index (χ2v) is 12.7. The molecule has 0 atom stereocenters. The maximum absolute atomic E-state index is 10.6. The van der Waals surface area contributed by atoms with Gasteiger partial charge in [-0.15, -0.1) is 5.92 Å². The topological polar surface area (TPSA) is 58.9 Å². The van der Waals surface area contributed by atoms with Crippen molar-refractivity contribution < 1.29 is 19.4 Å². The maximum atomic E-state index is 10.6. The Kier molecular flexibility index (Phi) is 5.65. The molecule has 5 heteroatoms. The van der Waals surface area contributed by atoms with Crippen molar-refractivity contribution in [2.24, 2.45) is 0 Å². The van der Waals surface area contributed by atoms with Gasteiger partial charge in [-0.25, -0.2) is 0 Å². The monoisotopic (exact) mass is 340 g/mol. The predicted octanol–water partition coefficient (Wildman–Crippen LogP) is 3.19. The van der Waals surface area contributed by atoms with E-state index >= 15 is 0 Å². The van der Waals surface area contributed by atoms with Gasteiger partial charge in [0.25, 0.3) is 0 Å². The van der Waals surface area contributed by atoms with Gasteiger partial charge in [0.15, 0.2) is 14.1 Å². The molecular formula is C18H32O4Si. The highest BCUT2D eigenvalue weighted by Gasteiger charge is 2.45. The smallest absolute Gasteiger partial charge is 0.188 e. The van der Waals surface area contributed by atoms with Crippen molar-refractivity contribution in [3.8, 4) is 11.8 Å². The van der Waals surface area contributed by atoms with Gasteiger partial charge in [-0.1, -0.05) is 19.8 Å². The van der Waals surface area contributed by atoms with Gasteiger partial charge in [0.05, 0.1) is 13.2 Å². The van der Waals surface area contributed by atoms with Crippen LogP contribution in [0.25, 0.3) is 0 Å². The first-order valence-electron chi connectivity index (χ1n) is 8.80. The molecule has 0 aromatic carbocycles. The van der Waals surface area contributed by atoms with E-state index in [4.69, 9.17) is 9.47 Å². The van der Waals surface area contributed by atoms with Crippen molar-refractivity contribution in [3.63, 3.8) is 0 Å². The Morgan fingerprint density at radius 3 is 2.17 bits per heavy atom. The second kappa shape index (κ2) is 6.85. The summed E-state index contributed by atoms with van der Waals surface area (Å²) >= 11 is 0. The normalized spacial score (nSPS) is 23.6. The average Bonchev–Trinajstić information content (AvgIpc) is 2.90. The third-order valence-corrected chi connectivity index (χ3v) is 9.30. The maximum Gasteiger partial charge on any atom is 0.188 e. The molecule has 0 aromatic heterocycles. The molecule has 1 saturated carbocycles. The molecule has 2 fully saturated rings. The molecule has 0 radical (unpaired) electrons. The van der Waals surface area contributed by atoms with Gasteiger partial charge >= 0.3 is 0 Å². The first kappa shape index (κ1) is 18.9. The first-order chi connectivity index (χ1) is 10.6. The standard InChI is InChI=1S/C18H32O4Si/c1-16(2,23(3,4)20)8-6-5-7-9-17(19)10-12-18(13-11-17)21-14-15-22-18/h19-20H,5-6,8,10-15H2,1-4H3. The minimum Gasteiger partial charge on any atom is -0.432 e. The van der Waals surface area contributed by atoms with Gasteiger partial charge in [-0.3, -0.25) is 0 Å². The lowest BCUT2D eigenvalue weighted by atomic mass is 9.81. The summed E-state index contributed by atoms with van der Waals surface area (Å²) in [6.07, 6.45) is 5.37. The molecule has 0 bridgehead atoms. The molecule has 0 unspecified atom stereocenters. The summed E-state index contributed by atoms with van der Waals surface area (Å²) in [7, 11) is -2.14. The van der Waals surface area contributed by atoms with Gasteiger partial charge in [0.2, 0.25) is 0 Å². The Morgan fingerprint density at radius 2 is 1.65 bits per heavy atom. The fourth-order valence-corrected chi connectivity index (χ4v) is 3.90. The zero-order chi connectivity index (χ0) is 17.2. The molecule has 4 nitrogen and oxygen atoms in total. The van der Waals surface area contributed by atoms with E-state index in [1.807, 2.05) is 13.1 Å². The molecule has 0 amide bonds. The molecule has 1 spiro atoms. The molecule has 1 saturated heterocycles. The molecule has 1 aliphatic heterocycles. The summed E-state index contributed by atoms with van der Waals surface area (Å²) in [4.78, 5) is 10.3. The number of rotatable bonds is 4. The Bertz CT molecular complexity index is 454. The molecule has 2 rings (SSSR count). The Labute approximate surface area is 141 Å². The SMILES string of the molecule is CC(C)(CCCC#CC1(O)CCC2(CC1)OCCO2)[Si](C)(C)O. The lowest BCUT2D eigenvalue weighted by Gasteiger charge is -2.37. The zero-order valence-corrected chi connectivity index (χ0v) is 16.1. The third kappa shape index (κ3) is 4.80. The highest BCUT2D eigenvalue weighted by molar-refractivity contribution is 6.72.